The van der Waals surface area contributed by atoms with Gasteiger partial charge in [0, 0.05) is 30.3 Å². The molecule has 1 aromatic carbocycles. The normalized spacial score (nSPS) is 10.7. The minimum Gasteiger partial charge on any atom is -0.481 e. The van der Waals surface area contributed by atoms with Crippen molar-refractivity contribution in [2.45, 2.75) is 32.2 Å². The standard InChI is InChI=1S/C15H21N3O4/c1-15(2,8-7-12(19)20)18-14(22)17-11-6-4-5-10(9-11)13(21)16-3/h4-6,9H,7-8H2,1-3H3,(H,16,21)(H,19,20)(H2,17,18,22). The lowest BCUT2D eigenvalue weighted by molar-refractivity contribution is -0.137. The quantitative estimate of drug-likeness (QED) is 0.643. The van der Waals surface area contributed by atoms with Crippen LogP contribution in [0.4, 0.5) is 10.5 Å². The zero-order chi connectivity index (χ0) is 16.8. The van der Waals surface area contributed by atoms with Crippen molar-refractivity contribution < 1.29 is 19.5 Å². The molecule has 3 amide bonds. The third-order valence-corrected chi connectivity index (χ3v) is 3.03. The predicted molar refractivity (Wildman–Crippen MR) is 82.9 cm³/mol. The highest BCUT2D eigenvalue weighted by molar-refractivity contribution is 5.96. The Labute approximate surface area is 129 Å². The second kappa shape index (κ2) is 7.44. The molecule has 0 saturated heterocycles. The molecule has 0 aromatic heterocycles. The lowest BCUT2D eigenvalue weighted by Crippen LogP contribution is -2.45. The number of carboxylic acid groups (broad SMARTS) is 1. The first-order valence-electron chi connectivity index (χ1n) is 6.86. The van der Waals surface area contributed by atoms with E-state index in [0.717, 1.165) is 0 Å². The molecule has 0 radical (unpaired) electrons. The maximum Gasteiger partial charge on any atom is 0.319 e. The van der Waals surface area contributed by atoms with Crippen LogP contribution in [-0.4, -0.2) is 35.6 Å². The van der Waals surface area contributed by atoms with Crippen LogP contribution in [0.5, 0.6) is 0 Å². The summed E-state index contributed by atoms with van der Waals surface area (Å²) < 4.78 is 0. The minimum absolute atomic E-state index is 0.0283. The first-order chi connectivity index (χ1) is 10.2. The SMILES string of the molecule is CNC(=O)c1cccc(NC(=O)NC(C)(C)CCC(=O)O)c1. The van der Waals surface area contributed by atoms with Gasteiger partial charge in [-0.3, -0.25) is 9.59 Å². The summed E-state index contributed by atoms with van der Waals surface area (Å²) in [4.78, 5) is 34.1. The number of rotatable bonds is 6. The zero-order valence-electron chi connectivity index (χ0n) is 12.9. The van der Waals surface area contributed by atoms with Gasteiger partial charge in [-0.25, -0.2) is 4.79 Å². The second-order valence-corrected chi connectivity index (χ2v) is 5.52. The molecule has 0 fully saturated rings. The van der Waals surface area contributed by atoms with Crippen LogP contribution < -0.4 is 16.0 Å². The van der Waals surface area contributed by atoms with Gasteiger partial charge >= 0.3 is 12.0 Å². The van der Waals surface area contributed by atoms with Gasteiger partial charge in [-0.1, -0.05) is 6.07 Å². The highest BCUT2D eigenvalue weighted by atomic mass is 16.4. The van der Waals surface area contributed by atoms with E-state index in [1.54, 1.807) is 38.1 Å². The van der Waals surface area contributed by atoms with E-state index in [1.807, 2.05) is 0 Å². The molecule has 0 atom stereocenters. The fourth-order valence-electron chi connectivity index (χ4n) is 1.83. The summed E-state index contributed by atoms with van der Waals surface area (Å²) in [6, 6.07) is 6.07. The first kappa shape index (κ1) is 17.5. The van der Waals surface area contributed by atoms with Crippen molar-refractivity contribution in [1.82, 2.24) is 10.6 Å². The van der Waals surface area contributed by atoms with Gasteiger partial charge in [-0.15, -0.1) is 0 Å². The molecular formula is C15H21N3O4. The van der Waals surface area contributed by atoms with E-state index in [2.05, 4.69) is 16.0 Å². The maximum absolute atomic E-state index is 12.0. The summed E-state index contributed by atoms with van der Waals surface area (Å²) >= 11 is 0. The van der Waals surface area contributed by atoms with E-state index in [-0.39, 0.29) is 12.3 Å². The number of benzene rings is 1. The van der Waals surface area contributed by atoms with Crippen molar-refractivity contribution in [2.75, 3.05) is 12.4 Å². The number of anilines is 1. The molecule has 0 aliphatic rings. The molecule has 7 nitrogen and oxygen atoms in total. The van der Waals surface area contributed by atoms with Crippen LogP contribution in [0.1, 0.15) is 37.0 Å². The highest BCUT2D eigenvalue weighted by Gasteiger charge is 2.21. The average Bonchev–Trinajstić information content (AvgIpc) is 2.44. The van der Waals surface area contributed by atoms with Crippen molar-refractivity contribution in [3.63, 3.8) is 0 Å². The Balaban J connectivity index is 2.65. The van der Waals surface area contributed by atoms with E-state index in [4.69, 9.17) is 5.11 Å². The molecule has 0 unspecified atom stereocenters. The molecule has 1 rings (SSSR count). The number of hydrogen-bond acceptors (Lipinski definition) is 3. The predicted octanol–water partition coefficient (Wildman–Crippen LogP) is 1.81. The topological polar surface area (TPSA) is 108 Å². The molecule has 0 bridgehead atoms. The lowest BCUT2D eigenvalue weighted by atomic mass is 9.99. The molecule has 0 heterocycles. The van der Waals surface area contributed by atoms with Crippen molar-refractivity contribution in [3.05, 3.63) is 29.8 Å². The molecule has 7 heteroatoms. The number of carbonyl (C=O) groups excluding carboxylic acids is 2. The van der Waals surface area contributed by atoms with Gasteiger partial charge in [0.25, 0.3) is 5.91 Å². The van der Waals surface area contributed by atoms with Gasteiger partial charge in [-0.05, 0) is 38.5 Å². The number of carboxylic acids is 1. The number of hydrogen-bond donors (Lipinski definition) is 4. The van der Waals surface area contributed by atoms with Gasteiger partial charge in [0.15, 0.2) is 0 Å². The minimum atomic E-state index is -0.909. The van der Waals surface area contributed by atoms with Gasteiger partial charge < -0.3 is 21.1 Å². The maximum atomic E-state index is 12.0. The molecule has 120 valence electrons. The summed E-state index contributed by atoms with van der Waals surface area (Å²) in [6.45, 7) is 3.49. The number of nitrogens with one attached hydrogen (secondary N) is 3. The average molecular weight is 307 g/mol. The van der Waals surface area contributed by atoms with Crippen LogP contribution in [0.2, 0.25) is 0 Å². The van der Waals surface area contributed by atoms with Gasteiger partial charge in [0.05, 0.1) is 0 Å². The van der Waals surface area contributed by atoms with Crippen LogP contribution in [0.25, 0.3) is 0 Å². The molecule has 4 N–H and O–H groups in total. The van der Waals surface area contributed by atoms with Crippen molar-refractivity contribution >= 4 is 23.6 Å². The Morgan fingerprint density at radius 3 is 2.50 bits per heavy atom. The fraction of sp³-hybridized carbons (Fsp3) is 0.400. The summed E-state index contributed by atoms with van der Waals surface area (Å²) in [5.41, 5.74) is 0.263. The van der Waals surface area contributed by atoms with E-state index in [1.165, 1.54) is 7.05 Å². The molecular weight excluding hydrogens is 286 g/mol. The Morgan fingerprint density at radius 2 is 1.91 bits per heavy atom. The largest absolute Gasteiger partial charge is 0.481 e. The van der Waals surface area contributed by atoms with Gasteiger partial charge in [0.2, 0.25) is 0 Å². The third-order valence-electron chi connectivity index (χ3n) is 3.03. The Bertz CT molecular complexity index is 570. The van der Waals surface area contributed by atoms with Crippen LogP contribution >= 0.6 is 0 Å². The molecule has 22 heavy (non-hydrogen) atoms. The van der Waals surface area contributed by atoms with E-state index < -0.39 is 17.5 Å². The summed E-state index contributed by atoms with van der Waals surface area (Å²) in [5.74, 6) is -1.15. The highest BCUT2D eigenvalue weighted by Crippen LogP contribution is 2.13. The molecule has 0 saturated carbocycles. The Kier molecular flexibility index (Phi) is 5.91. The first-order valence-corrected chi connectivity index (χ1v) is 6.86. The van der Waals surface area contributed by atoms with Crippen LogP contribution in [0.15, 0.2) is 24.3 Å². The smallest absolute Gasteiger partial charge is 0.319 e. The number of urea groups is 1. The van der Waals surface area contributed by atoms with Gasteiger partial charge in [-0.2, -0.15) is 0 Å². The van der Waals surface area contributed by atoms with Crippen LogP contribution in [0.3, 0.4) is 0 Å². The van der Waals surface area contributed by atoms with Crippen LogP contribution in [-0.2, 0) is 4.79 Å². The molecule has 0 aliphatic carbocycles. The summed E-state index contributed by atoms with van der Waals surface area (Å²) in [6.07, 6.45) is 0.285. The number of amides is 3. The Morgan fingerprint density at radius 1 is 1.23 bits per heavy atom. The van der Waals surface area contributed by atoms with Gasteiger partial charge in [0.1, 0.15) is 0 Å². The van der Waals surface area contributed by atoms with Crippen molar-refractivity contribution in [1.29, 1.82) is 0 Å². The number of aliphatic carboxylic acids is 1. The molecule has 0 aliphatic heterocycles. The van der Waals surface area contributed by atoms with Crippen molar-refractivity contribution in [3.8, 4) is 0 Å². The Hall–Kier alpha value is -2.57. The lowest BCUT2D eigenvalue weighted by Gasteiger charge is -2.25. The molecule has 0 spiro atoms. The second-order valence-electron chi connectivity index (χ2n) is 5.52. The third kappa shape index (κ3) is 5.82. The monoisotopic (exact) mass is 307 g/mol. The molecule has 1 aromatic rings. The number of carbonyl (C=O) groups is 3. The van der Waals surface area contributed by atoms with E-state index >= 15 is 0 Å². The van der Waals surface area contributed by atoms with E-state index in [0.29, 0.717) is 17.7 Å². The van der Waals surface area contributed by atoms with Crippen molar-refractivity contribution in [2.24, 2.45) is 0 Å². The fourth-order valence-corrected chi connectivity index (χ4v) is 1.83. The summed E-state index contributed by atoms with van der Waals surface area (Å²) in [5, 5.41) is 16.5. The zero-order valence-corrected chi connectivity index (χ0v) is 12.9. The van der Waals surface area contributed by atoms with E-state index in [9.17, 15) is 14.4 Å². The van der Waals surface area contributed by atoms with Crippen LogP contribution in [0, 0.1) is 0 Å². The summed E-state index contributed by atoms with van der Waals surface area (Å²) in [7, 11) is 1.53.